The fourth-order valence-corrected chi connectivity index (χ4v) is 1.38. The molecule has 0 aliphatic rings. The minimum absolute atomic E-state index is 0. The van der Waals surface area contributed by atoms with Crippen LogP contribution in [-0.4, -0.2) is 7.11 Å². The van der Waals surface area contributed by atoms with Crippen LogP contribution in [0, 0.1) is 37.1 Å². The van der Waals surface area contributed by atoms with Gasteiger partial charge in [0.15, 0.2) is 11.6 Å². The fourth-order valence-electron chi connectivity index (χ4n) is 1.38. The summed E-state index contributed by atoms with van der Waals surface area (Å²) in [5, 5.41) is 0. The standard InChI is InChI=1S/C8H8F2O.C7H6F2.2CH4/c1-5-6(9)3-4-7(11-2)8(5)10;1-5-6(8)3-2-4-7(5)9;;/h3-4H,1-2H3;2-4H,1H3;2*1H4. The van der Waals surface area contributed by atoms with E-state index in [1.165, 1.54) is 51.3 Å². The molecule has 0 fully saturated rings. The van der Waals surface area contributed by atoms with Crippen LogP contribution in [0.4, 0.5) is 17.6 Å². The first kappa shape index (κ1) is 22.2. The van der Waals surface area contributed by atoms with E-state index < -0.39 is 23.3 Å². The van der Waals surface area contributed by atoms with Crippen LogP contribution < -0.4 is 4.74 Å². The fraction of sp³-hybridized carbons (Fsp3) is 0.294. The zero-order chi connectivity index (χ0) is 15.3. The topological polar surface area (TPSA) is 9.23 Å². The van der Waals surface area contributed by atoms with Crippen LogP contribution >= 0.6 is 0 Å². The molecule has 0 N–H and O–H groups in total. The molecule has 2 aromatic carbocycles. The molecule has 0 bridgehead atoms. The van der Waals surface area contributed by atoms with Gasteiger partial charge in [-0.3, -0.25) is 0 Å². The molecule has 2 aromatic rings. The number of hydrogen-bond donors (Lipinski definition) is 0. The van der Waals surface area contributed by atoms with Gasteiger partial charge < -0.3 is 4.74 Å². The molecule has 0 saturated heterocycles. The first-order chi connectivity index (χ1) is 9.38. The lowest BCUT2D eigenvalue weighted by atomic mass is 10.2. The van der Waals surface area contributed by atoms with Gasteiger partial charge in [-0.05, 0) is 38.1 Å². The summed E-state index contributed by atoms with van der Waals surface area (Å²) in [4.78, 5) is 0. The zero-order valence-corrected chi connectivity index (χ0v) is 11.3. The van der Waals surface area contributed by atoms with Crippen molar-refractivity contribution >= 4 is 0 Å². The van der Waals surface area contributed by atoms with E-state index >= 15 is 0 Å². The quantitative estimate of drug-likeness (QED) is 0.601. The van der Waals surface area contributed by atoms with Gasteiger partial charge in [-0.15, -0.1) is 0 Å². The van der Waals surface area contributed by atoms with Crippen molar-refractivity contribution in [3.05, 3.63) is 64.7 Å². The Kier molecular flexibility index (Phi) is 9.93. The van der Waals surface area contributed by atoms with E-state index in [0.29, 0.717) is 0 Å². The Labute approximate surface area is 129 Å². The van der Waals surface area contributed by atoms with Crippen molar-refractivity contribution in [1.82, 2.24) is 0 Å². The first-order valence-electron chi connectivity index (χ1n) is 5.77. The summed E-state index contributed by atoms with van der Waals surface area (Å²) < 4.78 is 54.8. The number of rotatable bonds is 1. The van der Waals surface area contributed by atoms with Crippen LogP contribution in [0.5, 0.6) is 5.75 Å². The van der Waals surface area contributed by atoms with E-state index in [1.807, 2.05) is 0 Å². The molecular weight excluding hydrogens is 296 g/mol. The molecule has 0 aromatic heterocycles. The van der Waals surface area contributed by atoms with Gasteiger partial charge in [0, 0.05) is 11.1 Å². The highest BCUT2D eigenvalue weighted by Crippen LogP contribution is 2.21. The predicted molar refractivity (Wildman–Crippen MR) is 82.2 cm³/mol. The maximum Gasteiger partial charge on any atom is 0.170 e. The largest absolute Gasteiger partial charge is 0.494 e. The number of benzene rings is 2. The van der Waals surface area contributed by atoms with E-state index in [0.717, 1.165) is 0 Å². The second-order valence-corrected chi connectivity index (χ2v) is 4.04. The minimum Gasteiger partial charge on any atom is -0.494 e. The monoisotopic (exact) mass is 318 g/mol. The van der Waals surface area contributed by atoms with Gasteiger partial charge in [0.1, 0.15) is 17.5 Å². The van der Waals surface area contributed by atoms with Gasteiger partial charge in [0.25, 0.3) is 0 Å². The molecule has 0 radical (unpaired) electrons. The third kappa shape index (κ3) is 5.39. The van der Waals surface area contributed by atoms with Crippen LogP contribution in [-0.2, 0) is 0 Å². The van der Waals surface area contributed by atoms with Crippen molar-refractivity contribution in [1.29, 1.82) is 0 Å². The average molecular weight is 318 g/mol. The van der Waals surface area contributed by atoms with E-state index in [1.54, 1.807) is 0 Å². The maximum atomic E-state index is 12.9. The molecular formula is C17H22F4O. The van der Waals surface area contributed by atoms with Crippen LogP contribution in [0.2, 0.25) is 0 Å². The lowest BCUT2D eigenvalue weighted by Crippen LogP contribution is -1.93. The predicted octanol–water partition coefficient (Wildman–Crippen LogP) is 5.83. The van der Waals surface area contributed by atoms with Crippen LogP contribution in [0.25, 0.3) is 0 Å². The molecule has 0 aliphatic heterocycles. The molecule has 0 aliphatic carbocycles. The van der Waals surface area contributed by atoms with E-state index in [9.17, 15) is 17.6 Å². The third-order valence-corrected chi connectivity index (χ3v) is 2.71. The van der Waals surface area contributed by atoms with Crippen LogP contribution in [0.15, 0.2) is 30.3 Å². The van der Waals surface area contributed by atoms with Crippen LogP contribution in [0.1, 0.15) is 26.0 Å². The molecule has 2 rings (SSSR count). The number of hydrogen-bond acceptors (Lipinski definition) is 1. The Bertz CT molecular complexity index is 577. The van der Waals surface area contributed by atoms with E-state index in [2.05, 4.69) is 4.74 Å². The summed E-state index contributed by atoms with van der Waals surface area (Å²) >= 11 is 0. The molecule has 0 heterocycles. The third-order valence-electron chi connectivity index (χ3n) is 2.71. The Balaban J connectivity index is 0. The Hall–Kier alpha value is -2.04. The summed E-state index contributed by atoms with van der Waals surface area (Å²) in [6.07, 6.45) is 0. The van der Waals surface area contributed by atoms with Gasteiger partial charge >= 0.3 is 0 Å². The van der Waals surface area contributed by atoms with Gasteiger partial charge in [-0.1, -0.05) is 20.9 Å². The highest BCUT2D eigenvalue weighted by molar-refractivity contribution is 5.31. The molecule has 0 saturated carbocycles. The molecule has 22 heavy (non-hydrogen) atoms. The highest BCUT2D eigenvalue weighted by atomic mass is 19.1. The molecule has 1 nitrogen and oxygen atoms in total. The molecule has 0 amide bonds. The highest BCUT2D eigenvalue weighted by Gasteiger charge is 2.08. The number of methoxy groups -OCH3 is 1. The zero-order valence-electron chi connectivity index (χ0n) is 11.3. The Morgan fingerprint density at radius 2 is 1.18 bits per heavy atom. The SMILES string of the molecule is C.C.COc1ccc(F)c(C)c1F.Cc1c(F)cccc1F. The summed E-state index contributed by atoms with van der Waals surface area (Å²) in [6, 6.07) is 6.25. The summed E-state index contributed by atoms with van der Waals surface area (Å²) in [6.45, 7) is 2.78. The van der Waals surface area contributed by atoms with Crippen LogP contribution in [0.3, 0.4) is 0 Å². The average Bonchev–Trinajstić information content (AvgIpc) is 2.43. The van der Waals surface area contributed by atoms with Gasteiger partial charge in [0.05, 0.1) is 7.11 Å². The molecule has 5 heteroatoms. The summed E-state index contributed by atoms with van der Waals surface area (Å²) in [5.74, 6) is -2.09. The lowest BCUT2D eigenvalue weighted by molar-refractivity contribution is 0.382. The van der Waals surface area contributed by atoms with Gasteiger partial charge in [-0.2, -0.15) is 0 Å². The van der Waals surface area contributed by atoms with Crippen molar-refractivity contribution in [3.63, 3.8) is 0 Å². The lowest BCUT2D eigenvalue weighted by Gasteiger charge is -2.03. The molecule has 0 atom stereocenters. The minimum atomic E-state index is -0.632. The maximum absolute atomic E-state index is 12.9. The first-order valence-corrected chi connectivity index (χ1v) is 5.77. The molecule has 0 spiro atoms. The number of halogens is 4. The second-order valence-electron chi connectivity index (χ2n) is 4.04. The van der Waals surface area contributed by atoms with Gasteiger partial charge in [0.2, 0.25) is 0 Å². The van der Waals surface area contributed by atoms with Crippen molar-refractivity contribution in [3.8, 4) is 5.75 Å². The van der Waals surface area contributed by atoms with Crippen molar-refractivity contribution in [2.24, 2.45) is 0 Å². The Morgan fingerprint density at radius 3 is 1.59 bits per heavy atom. The van der Waals surface area contributed by atoms with Crippen molar-refractivity contribution < 1.29 is 22.3 Å². The van der Waals surface area contributed by atoms with Crippen molar-refractivity contribution in [2.75, 3.05) is 7.11 Å². The second kappa shape index (κ2) is 9.82. The van der Waals surface area contributed by atoms with E-state index in [4.69, 9.17) is 0 Å². The molecule has 124 valence electrons. The molecule has 0 unspecified atom stereocenters. The Morgan fingerprint density at radius 1 is 0.727 bits per heavy atom. The van der Waals surface area contributed by atoms with Gasteiger partial charge in [-0.25, -0.2) is 17.6 Å². The van der Waals surface area contributed by atoms with E-state index in [-0.39, 0.29) is 31.7 Å². The van der Waals surface area contributed by atoms with Crippen molar-refractivity contribution in [2.45, 2.75) is 28.7 Å². The summed E-state index contributed by atoms with van der Waals surface area (Å²) in [5.41, 5.74) is 0.0712. The normalized spacial score (nSPS) is 8.86. The smallest absolute Gasteiger partial charge is 0.170 e. The summed E-state index contributed by atoms with van der Waals surface area (Å²) in [7, 11) is 1.34. The number of ether oxygens (including phenoxy) is 1.